The molecule has 0 aliphatic carbocycles. The van der Waals surface area contributed by atoms with Gasteiger partial charge in [-0.2, -0.15) is 0 Å². The predicted molar refractivity (Wildman–Crippen MR) is 33.0 cm³/mol. The Morgan fingerprint density at radius 1 is 1.67 bits per heavy atom. The van der Waals surface area contributed by atoms with Crippen molar-refractivity contribution in [1.29, 1.82) is 0 Å². The van der Waals surface area contributed by atoms with Gasteiger partial charge in [0.2, 0.25) is 0 Å². The highest BCUT2D eigenvalue weighted by molar-refractivity contribution is 5.73. The van der Waals surface area contributed by atoms with Crippen molar-refractivity contribution >= 4 is 5.97 Å². The van der Waals surface area contributed by atoms with Gasteiger partial charge in [-0.05, 0) is 7.05 Å². The normalized spacial score (nSPS) is 21.1. The molecule has 0 saturated carbocycles. The third-order valence-electron chi connectivity index (χ3n) is 1.60. The molecule has 52 valence electrons. The van der Waals surface area contributed by atoms with E-state index >= 15 is 0 Å². The number of nitrogens with zero attached hydrogens (tertiary/aromatic N) is 1. The molecule has 3 heteroatoms. The lowest BCUT2D eigenvalue weighted by Crippen LogP contribution is -2.48. The molecule has 0 amide bonds. The fourth-order valence-electron chi connectivity index (χ4n) is 1.01. The highest BCUT2D eigenvalue weighted by Crippen LogP contribution is 2.13. The molecule has 0 bridgehead atoms. The number of hydrogen-bond acceptors (Lipinski definition) is 3. The Morgan fingerprint density at radius 3 is 2.56 bits per heavy atom. The van der Waals surface area contributed by atoms with Gasteiger partial charge in [0.25, 0.3) is 0 Å². The maximum atomic E-state index is 10.7. The first-order valence-corrected chi connectivity index (χ1v) is 3.00. The lowest BCUT2D eigenvalue weighted by molar-refractivity contribution is -0.150. The predicted octanol–water partition coefficient (Wildman–Crippen LogP) is -0.279. The summed E-state index contributed by atoms with van der Waals surface area (Å²) in [7, 11) is 3.42. The van der Waals surface area contributed by atoms with Crippen molar-refractivity contribution < 1.29 is 9.53 Å². The van der Waals surface area contributed by atoms with Crippen LogP contribution in [0.5, 0.6) is 0 Å². The quantitative estimate of drug-likeness (QED) is 0.456. The van der Waals surface area contributed by atoms with Crippen molar-refractivity contribution in [2.45, 2.75) is 0 Å². The SMILES string of the molecule is COC(=O)C1CN(C)C1. The number of likely N-dealkylation sites (tertiary alicyclic amines) is 1. The number of carbonyl (C=O) groups is 1. The Bertz CT molecular complexity index is 118. The fourth-order valence-corrected chi connectivity index (χ4v) is 1.01. The van der Waals surface area contributed by atoms with Crippen LogP contribution in [-0.2, 0) is 9.53 Å². The number of ether oxygens (including phenoxy) is 1. The van der Waals surface area contributed by atoms with Crippen molar-refractivity contribution in [3.8, 4) is 0 Å². The van der Waals surface area contributed by atoms with E-state index in [1.807, 2.05) is 7.05 Å². The van der Waals surface area contributed by atoms with Crippen molar-refractivity contribution in [3.05, 3.63) is 0 Å². The van der Waals surface area contributed by atoms with E-state index in [0.717, 1.165) is 13.1 Å². The molecule has 1 heterocycles. The molecule has 1 aliphatic heterocycles. The number of carbonyl (C=O) groups excluding carboxylic acids is 1. The summed E-state index contributed by atoms with van der Waals surface area (Å²) in [4.78, 5) is 12.8. The van der Waals surface area contributed by atoms with Crippen LogP contribution < -0.4 is 0 Å². The molecule has 0 aromatic heterocycles. The average molecular weight is 129 g/mol. The molecule has 0 aromatic rings. The van der Waals surface area contributed by atoms with E-state index in [9.17, 15) is 4.79 Å². The van der Waals surface area contributed by atoms with Crippen molar-refractivity contribution in [3.63, 3.8) is 0 Å². The molecule has 3 nitrogen and oxygen atoms in total. The Kier molecular flexibility index (Phi) is 1.71. The second kappa shape index (κ2) is 2.35. The van der Waals surface area contributed by atoms with Gasteiger partial charge in [-0.3, -0.25) is 4.79 Å². The molecule has 9 heavy (non-hydrogen) atoms. The summed E-state index contributed by atoms with van der Waals surface area (Å²) in [6.45, 7) is 1.71. The molecular weight excluding hydrogens is 118 g/mol. The van der Waals surface area contributed by atoms with Crippen LogP contribution in [0.4, 0.5) is 0 Å². The Labute approximate surface area is 54.6 Å². The zero-order chi connectivity index (χ0) is 6.85. The van der Waals surface area contributed by atoms with Crippen molar-refractivity contribution in [2.75, 3.05) is 27.2 Å². The zero-order valence-corrected chi connectivity index (χ0v) is 5.76. The van der Waals surface area contributed by atoms with Gasteiger partial charge in [0.15, 0.2) is 0 Å². The van der Waals surface area contributed by atoms with E-state index < -0.39 is 0 Å². The largest absolute Gasteiger partial charge is 0.469 e. The van der Waals surface area contributed by atoms with Crippen LogP contribution in [0.1, 0.15) is 0 Å². The van der Waals surface area contributed by atoms with E-state index in [-0.39, 0.29) is 11.9 Å². The van der Waals surface area contributed by atoms with E-state index in [1.165, 1.54) is 7.11 Å². The highest BCUT2D eigenvalue weighted by Gasteiger charge is 2.30. The lowest BCUT2D eigenvalue weighted by Gasteiger charge is -2.33. The summed E-state index contributed by atoms with van der Waals surface area (Å²) < 4.78 is 4.54. The molecular formula is C6H11NO2. The van der Waals surface area contributed by atoms with Gasteiger partial charge in [-0.15, -0.1) is 0 Å². The van der Waals surface area contributed by atoms with Gasteiger partial charge in [0.1, 0.15) is 0 Å². The Balaban J connectivity index is 2.23. The van der Waals surface area contributed by atoms with Crippen molar-refractivity contribution in [2.24, 2.45) is 5.92 Å². The van der Waals surface area contributed by atoms with Gasteiger partial charge in [0, 0.05) is 13.1 Å². The Hall–Kier alpha value is -0.570. The summed E-state index contributed by atoms with van der Waals surface area (Å²) in [6, 6.07) is 0. The van der Waals surface area contributed by atoms with Gasteiger partial charge in [-0.25, -0.2) is 0 Å². The van der Waals surface area contributed by atoms with Gasteiger partial charge < -0.3 is 9.64 Å². The summed E-state index contributed by atoms with van der Waals surface area (Å²) in [5.74, 6) is 0.0631. The van der Waals surface area contributed by atoms with Gasteiger partial charge in [0.05, 0.1) is 13.0 Å². The number of esters is 1. The zero-order valence-electron chi connectivity index (χ0n) is 5.76. The fraction of sp³-hybridized carbons (Fsp3) is 0.833. The molecule has 0 atom stereocenters. The third kappa shape index (κ3) is 1.21. The van der Waals surface area contributed by atoms with Crippen LogP contribution in [0.15, 0.2) is 0 Å². The summed E-state index contributed by atoms with van der Waals surface area (Å²) >= 11 is 0. The van der Waals surface area contributed by atoms with Crippen LogP contribution in [0.3, 0.4) is 0 Å². The Morgan fingerprint density at radius 2 is 2.22 bits per heavy atom. The minimum Gasteiger partial charge on any atom is -0.469 e. The molecule has 0 aromatic carbocycles. The summed E-state index contributed by atoms with van der Waals surface area (Å²) in [6.07, 6.45) is 0. The number of rotatable bonds is 1. The smallest absolute Gasteiger partial charge is 0.311 e. The molecule has 0 spiro atoms. The van der Waals surface area contributed by atoms with E-state index in [4.69, 9.17) is 0 Å². The standard InChI is InChI=1S/C6H11NO2/c1-7-3-5(4-7)6(8)9-2/h5H,3-4H2,1-2H3. The average Bonchev–Trinajstić information content (AvgIpc) is 1.79. The lowest BCUT2D eigenvalue weighted by atomic mass is 10.0. The van der Waals surface area contributed by atoms with Crippen LogP contribution in [-0.4, -0.2) is 38.1 Å². The molecule has 0 radical (unpaired) electrons. The molecule has 1 aliphatic rings. The second-order valence-electron chi connectivity index (χ2n) is 2.44. The van der Waals surface area contributed by atoms with E-state index in [1.54, 1.807) is 0 Å². The molecule has 0 N–H and O–H groups in total. The minimum absolute atomic E-state index is 0.0758. The third-order valence-corrected chi connectivity index (χ3v) is 1.60. The van der Waals surface area contributed by atoms with E-state index in [0.29, 0.717) is 0 Å². The first kappa shape index (κ1) is 6.55. The minimum atomic E-state index is -0.0758. The van der Waals surface area contributed by atoms with E-state index in [2.05, 4.69) is 9.64 Å². The maximum absolute atomic E-state index is 10.7. The van der Waals surface area contributed by atoms with Crippen molar-refractivity contribution in [1.82, 2.24) is 4.90 Å². The summed E-state index contributed by atoms with van der Waals surface area (Å²) in [5.41, 5.74) is 0. The number of methoxy groups -OCH3 is 1. The highest BCUT2D eigenvalue weighted by atomic mass is 16.5. The monoisotopic (exact) mass is 129 g/mol. The first-order chi connectivity index (χ1) is 4.24. The van der Waals surface area contributed by atoms with Crippen LogP contribution >= 0.6 is 0 Å². The van der Waals surface area contributed by atoms with Gasteiger partial charge in [-0.1, -0.05) is 0 Å². The molecule has 1 fully saturated rings. The molecule has 0 unspecified atom stereocenters. The van der Waals surface area contributed by atoms with Crippen LogP contribution in [0, 0.1) is 5.92 Å². The van der Waals surface area contributed by atoms with Gasteiger partial charge >= 0.3 is 5.97 Å². The second-order valence-corrected chi connectivity index (χ2v) is 2.44. The number of hydrogen-bond donors (Lipinski definition) is 0. The molecule has 1 saturated heterocycles. The van der Waals surface area contributed by atoms with Crippen LogP contribution in [0.2, 0.25) is 0 Å². The van der Waals surface area contributed by atoms with Crippen LogP contribution in [0.25, 0.3) is 0 Å². The summed E-state index contributed by atoms with van der Waals surface area (Å²) in [5, 5.41) is 0. The topological polar surface area (TPSA) is 29.5 Å². The molecule has 1 rings (SSSR count). The maximum Gasteiger partial charge on any atom is 0.311 e. The first-order valence-electron chi connectivity index (χ1n) is 3.00.